The quantitative estimate of drug-likeness (QED) is 0.564. The molecule has 32 heavy (non-hydrogen) atoms. The van der Waals surface area contributed by atoms with Crippen molar-refractivity contribution in [3.05, 3.63) is 53.5 Å². The lowest BCUT2D eigenvalue weighted by Gasteiger charge is -2.34. The van der Waals surface area contributed by atoms with Gasteiger partial charge in [0.05, 0.1) is 18.4 Å². The van der Waals surface area contributed by atoms with Crippen LogP contribution in [-0.2, 0) is 12.8 Å². The zero-order valence-corrected chi connectivity index (χ0v) is 19.5. The number of imidazole rings is 1. The van der Waals surface area contributed by atoms with Gasteiger partial charge in [0, 0.05) is 49.0 Å². The predicted octanol–water partition coefficient (Wildman–Crippen LogP) is 3.87. The van der Waals surface area contributed by atoms with Gasteiger partial charge in [-0.1, -0.05) is 26.8 Å². The highest BCUT2D eigenvalue weighted by Crippen LogP contribution is 2.38. The van der Waals surface area contributed by atoms with E-state index in [0.29, 0.717) is 5.75 Å². The van der Waals surface area contributed by atoms with Crippen molar-refractivity contribution < 1.29 is 4.74 Å². The number of aromatic nitrogens is 3. The molecule has 1 aliphatic heterocycles. The molecule has 0 saturated carbocycles. The van der Waals surface area contributed by atoms with Crippen LogP contribution in [0, 0.1) is 12.3 Å². The third-order valence-electron chi connectivity index (χ3n) is 5.38. The second kappa shape index (κ2) is 7.94. The molecule has 0 saturated heterocycles. The molecule has 8 nitrogen and oxygen atoms in total. The summed E-state index contributed by atoms with van der Waals surface area (Å²) in [5.41, 5.74) is 11.2. The first-order valence-electron chi connectivity index (χ1n) is 10.6. The summed E-state index contributed by atoms with van der Waals surface area (Å²) in [6.45, 7) is 9.28. The largest absolute Gasteiger partial charge is 0.496 e. The van der Waals surface area contributed by atoms with Crippen LogP contribution in [0.5, 0.6) is 5.75 Å². The standard InChI is InChI=1S/C24H31N7O/c1-15-11-17-13-28-24(25,30-20(17)21(29-15)27-14-23(2,3)4)18-8-7-16(12-19(18)32-6)22-26-9-10-31(22)5/h7-13,30H,14,25H2,1-6H3,(H,27,29). The number of nitrogens with zero attached hydrogens (tertiary/aromatic N) is 4. The van der Waals surface area contributed by atoms with Crippen molar-refractivity contribution >= 4 is 17.7 Å². The lowest BCUT2D eigenvalue weighted by molar-refractivity contribution is 0.393. The summed E-state index contributed by atoms with van der Waals surface area (Å²) < 4.78 is 7.67. The summed E-state index contributed by atoms with van der Waals surface area (Å²) in [6, 6.07) is 7.84. The molecule has 2 aromatic heterocycles. The van der Waals surface area contributed by atoms with Crippen molar-refractivity contribution in [3.63, 3.8) is 0 Å². The number of ether oxygens (including phenoxy) is 1. The van der Waals surface area contributed by atoms with Crippen LogP contribution in [-0.4, -0.2) is 34.4 Å². The summed E-state index contributed by atoms with van der Waals surface area (Å²) in [5.74, 6) is 1.04. The third-order valence-corrected chi connectivity index (χ3v) is 5.38. The average Bonchev–Trinajstić information content (AvgIpc) is 3.17. The normalized spacial score (nSPS) is 17.6. The summed E-state index contributed by atoms with van der Waals surface area (Å²) in [7, 11) is 3.59. The zero-order valence-electron chi connectivity index (χ0n) is 19.5. The number of nitrogens with two attached hydrogens (primary N) is 1. The molecular weight excluding hydrogens is 402 g/mol. The second-order valence-electron chi connectivity index (χ2n) is 9.42. The number of benzene rings is 1. The highest BCUT2D eigenvalue weighted by Gasteiger charge is 2.34. The van der Waals surface area contributed by atoms with E-state index in [1.165, 1.54) is 0 Å². The van der Waals surface area contributed by atoms with E-state index in [1.807, 2.05) is 49.0 Å². The Morgan fingerprint density at radius 3 is 2.69 bits per heavy atom. The summed E-state index contributed by atoms with van der Waals surface area (Å²) >= 11 is 0. The first kappa shape index (κ1) is 21.8. The lowest BCUT2D eigenvalue weighted by atomic mass is 9.97. The van der Waals surface area contributed by atoms with Gasteiger partial charge in [-0.3, -0.25) is 5.73 Å². The molecule has 1 aromatic carbocycles. The number of fused-ring (bicyclic) bond motifs is 1. The fourth-order valence-corrected chi connectivity index (χ4v) is 3.73. The molecule has 168 valence electrons. The highest BCUT2D eigenvalue weighted by atomic mass is 16.5. The Hall–Kier alpha value is -3.39. The number of anilines is 2. The van der Waals surface area contributed by atoms with Gasteiger partial charge in [-0.25, -0.2) is 15.0 Å². The van der Waals surface area contributed by atoms with Crippen molar-refractivity contribution in [1.82, 2.24) is 14.5 Å². The van der Waals surface area contributed by atoms with E-state index in [1.54, 1.807) is 19.5 Å². The number of pyridine rings is 1. The van der Waals surface area contributed by atoms with Crippen LogP contribution in [0.1, 0.15) is 37.6 Å². The predicted molar refractivity (Wildman–Crippen MR) is 129 cm³/mol. The SMILES string of the molecule is COc1cc(-c2nccn2C)ccc1C1(N)N=Cc2cc(C)nc(NCC(C)(C)C)c2N1. The lowest BCUT2D eigenvalue weighted by Crippen LogP contribution is -2.45. The smallest absolute Gasteiger partial charge is 0.212 e. The van der Waals surface area contributed by atoms with Crippen molar-refractivity contribution in [3.8, 4) is 17.1 Å². The molecule has 8 heteroatoms. The maximum absolute atomic E-state index is 6.79. The molecule has 0 fully saturated rings. The van der Waals surface area contributed by atoms with Gasteiger partial charge in [-0.05, 0) is 30.5 Å². The summed E-state index contributed by atoms with van der Waals surface area (Å²) in [6.07, 6.45) is 5.48. The molecule has 1 aliphatic rings. The van der Waals surface area contributed by atoms with Gasteiger partial charge in [-0.15, -0.1) is 0 Å². The molecule has 0 amide bonds. The highest BCUT2D eigenvalue weighted by molar-refractivity contribution is 5.94. The number of methoxy groups -OCH3 is 1. The van der Waals surface area contributed by atoms with E-state index in [9.17, 15) is 0 Å². The van der Waals surface area contributed by atoms with Crippen LogP contribution in [0.15, 0.2) is 41.7 Å². The monoisotopic (exact) mass is 433 g/mol. The van der Waals surface area contributed by atoms with E-state index in [4.69, 9.17) is 15.5 Å². The molecule has 0 aliphatic carbocycles. The Morgan fingerprint density at radius 2 is 2.03 bits per heavy atom. The van der Waals surface area contributed by atoms with Crippen molar-refractivity contribution in [2.45, 2.75) is 33.5 Å². The van der Waals surface area contributed by atoms with E-state index in [-0.39, 0.29) is 5.41 Å². The van der Waals surface area contributed by atoms with Gasteiger partial charge in [0.1, 0.15) is 11.6 Å². The Kier molecular flexibility index (Phi) is 5.42. The molecule has 4 N–H and O–H groups in total. The molecule has 3 aromatic rings. The maximum Gasteiger partial charge on any atom is 0.212 e. The number of nitrogens with one attached hydrogen (secondary N) is 2. The fourth-order valence-electron chi connectivity index (χ4n) is 3.73. The number of hydrogen-bond acceptors (Lipinski definition) is 7. The zero-order chi connectivity index (χ0) is 23.1. The third kappa shape index (κ3) is 4.18. The summed E-state index contributed by atoms with van der Waals surface area (Å²) in [5, 5.41) is 6.89. The van der Waals surface area contributed by atoms with Crippen LogP contribution in [0.3, 0.4) is 0 Å². The number of aliphatic imine (C=N–C) groups is 1. The van der Waals surface area contributed by atoms with Crippen molar-refractivity contribution in [1.29, 1.82) is 0 Å². The minimum absolute atomic E-state index is 0.102. The molecule has 0 radical (unpaired) electrons. The molecule has 0 bridgehead atoms. The first-order valence-corrected chi connectivity index (χ1v) is 10.6. The molecular formula is C24H31N7O. The van der Waals surface area contributed by atoms with E-state index in [2.05, 4.69) is 41.4 Å². The maximum atomic E-state index is 6.79. The van der Waals surface area contributed by atoms with Crippen LogP contribution >= 0.6 is 0 Å². The second-order valence-corrected chi connectivity index (χ2v) is 9.42. The van der Waals surface area contributed by atoms with Crippen LogP contribution in [0.2, 0.25) is 0 Å². The summed E-state index contributed by atoms with van der Waals surface area (Å²) in [4.78, 5) is 13.8. The Bertz CT molecular complexity index is 1180. The molecule has 0 spiro atoms. The van der Waals surface area contributed by atoms with E-state index in [0.717, 1.165) is 46.3 Å². The topological polar surface area (TPSA) is 102 Å². The molecule has 4 rings (SSSR count). The van der Waals surface area contributed by atoms with Crippen LogP contribution in [0.4, 0.5) is 11.5 Å². The fraction of sp³-hybridized carbons (Fsp3) is 0.375. The first-order chi connectivity index (χ1) is 15.1. The van der Waals surface area contributed by atoms with Gasteiger partial charge in [0.2, 0.25) is 5.79 Å². The minimum atomic E-state index is -1.20. The number of rotatable bonds is 5. The van der Waals surface area contributed by atoms with Crippen LogP contribution in [0.25, 0.3) is 11.4 Å². The number of aryl methyl sites for hydroxylation is 2. The Labute approximate surface area is 188 Å². The average molecular weight is 434 g/mol. The molecule has 1 atom stereocenters. The van der Waals surface area contributed by atoms with Gasteiger partial charge in [-0.2, -0.15) is 0 Å². The van der Waals surface area contributed by atoms with Gasteiger partial charge in [0.25, 0.3) is 0 Å². The number of hydrogen-bond donors (Lipinski definition) is 3. The van der Waals surface area contributed by atoms with E-state index >= 15 is 0 Å². The van der Waals surface area contributed by atoms with Crippen LogP contribution < -0.4 is 21.1 Å². The van der Waals surface area contributed by atoms with Gasteiger partial charge in [0.15, 0.2) is 5.82 Å². The Morgan fingerprint density at radius 1 is 1.25 bits per heavy atom. The van der Waals surface area contributed by atoms with Gasteiger partial charge < -0.3 is 19.9 Å². The van der Waals surface area contributed by atoms with Crippen molar-refractivity contribution in [2.24, 2.45) is 23.2 Å². The molecule has 1 unspecified atom stereocenters. The Balaban J connectivity index is 1.73. The molecule has 3 heterocycles. The van der Waals surface area contributed by atoms with Gasteiger partial charge >= 0.3 is 0 Å². The van der Waals surface area contributed by atoms with E-state index < -0.39 is 5.79 Å². The van der Waals surface area contributed by atoms with Crippen molar-refractivity contribution in [2.75, 3.05) is 24.3 Å². The minimum Gasteiger partial charge on any atom is -0.496 e.